The van der Waals surface area contributed by atoms with Crippen molar-refractivity contribution in [1.82, 2.24) is 14.8 Å². The quantitative estimate of drug-likeness (QED) is 0.422. The summed E-state index contributed by atoms with van der Waals surface area (Å²) < 4.78 is 6.52. The zero-order valence-electron chi connectivity index (χ0n) is 17.3. The number of para-hydroxylation sites is 1. The summed E-state index contributed by atoms with van der Waals surface area (Å²) in [5.41, 5.74) is 4.27. The number of carbonyl (C=O) groups excluding carboxylic acids is 2. The molecule has 0 aliphatic carbocycles. The van der Waals surface area contributed by atoms with Crippen molar-refractivity contribution in [2.45, 2.75) is 25.8 Å². The number of nitrogens with zero attached hydrogens (tertiary/aromatic N) is 2. The molecule has 2 heterocycles. The summed E-state index contributed by atoms with van der Waals surface area (Å²) in [6, 6.07) is 15.4. The summed E-state index contributed by atoms with van der Waals surface area (Å²) in [6.07, 6.45) is 7.40. The van der Waals surface area contributed by atoms with Gasteiger partial charge in [0.25, 0.3) is 0 Å². The largest absolute Gasteiger partial charge is 0.465 e. The number of aromatic nitrogens is 3. The average Bonchev–Trinajstić information content (AvgIpc) is 3.40. The number of rotatable bonds is 8. The number of H-pyrrole nitrogens is 1. The maximum Gasteiger partial charge on any atom is 0.338 e. The van der Waals surface area contributed by atoms with Gasteiger partial charge in [0.1, 0.15) is 0 Å². The Balaban J connectivity index is 1.31. The Morgan fingerprint density at radius 3 is 2.77 bits per heavy atom. The van der Waals surface area contributed by atoms with Gasteiger partial charge in [-0.1, -0.05) is 36.4 Å². The van der Waals surface area contributed by atoms with E-state index in [1.165, 1.54) is 18.1 Å². The highest BCUT2D eigenvalue weighted by Gasteiger charge is 2.12. The highest BCUT2D eigenvalue weighted by Crippen LogP contribution is 2.20. The third-order valence-corrected chi connectivity index (χ3v) is 5.20. The molecule has 0 saturated heterocycles. The van der Waals surface area contributed by atoms with Gasteiger partial charge in [-0.25, -0.2) is 4.79 Å². The zero-order chi connectivity index (χ0) is 21.6. The highest BCUT2D eigenvalue weighted by molar-refractivity contribution is 5.91. The van der Waals surface area contributed by atoms with Crippen molar-refractivity contribution in [3.8, 4) is 0 Å². The van der Waals surface area contributed by atoms with E-state index in [0.29, 0.717) is 24.2 Å². The van der Waals surface area contributed by atoms with Gasteiger partial charge >= 0.3 is 5.97 Å². The van der Waals surface area contributed by atoms with E-state index in [-0.39, 0.29) is 11.9 Å². The maximum absolute atomic E-state index is 12.3. The van der Waals surface area contributed by atoms with Gasteiger partial charge in [-0.2, -0.15) is 5.10 Å². The molecule has 4 rings (SSSR count). The molecule has 2 N–H and O–H groups in total. The molecule has 0 atom stereocenters. The Labute approximate surface area is 180 Å². The Morgan fingerprint density at radius 1 is 1.10 bits per heavy atom. The fraction of sp³-hybridized carbons (Fsp3) is 0.208. The van der Waals surface area contributed by atoms with Crippen LogP contribution in [0.5, 0.6) is 0 Å². The van der Waals surface area contributed by atoms with Crippen LogP contribution in [0.4, 0.5) is 5.69 Å². The summed E-state index contributed by atoms with van der Waals surface area (Å²) in [4.78, 5) is 27.5. The number of hydrogen-bond donors (Lipinski definition) is 2. The highest BCUT2D eigenvalue weighted by atomic mass is 16.5. The summed E-state index contributed by atoms with van der Waals surface area (Å²) in [5.74, 6) is -0.430. The van der Waals surface area contributed by atoms with Crippen LogP contribution < -0.4 is 5.32 Å². The van der Waals surface area contributed by atoms with Crippen molar-refractivity contribution in [3.63, 3.8) is 0 Å². The zero-order valence-corrected chi connectivity index (χ0v) is 17.3. The number of aromatic amines is 1. The minimum Gasteiger partial charge on any atom is -0.465 e. The number of esters is 1. The first kappa shape index (κ1) is 20.4. The number of aryl methyl sites for hydroxylation is 1. The molecule has 0 saturated carbocycles. The van der Waals surface area contributed by atoms with Crippen LogP contribution >= 0.6 is 0 Å². The molecule has 0 bridgehead atoms. The molecule has 0 unspecified atom stereocenters. The fourth-order valence-electron chi connectivity index (χ4n) is 3.66. The van der Waals surface area contributed by atoms with Crippen LogP contribution in [0, 0.1) is 0 Å². The van der Waals surface area contributed by atoms with Crippen LogP contribution in [0.15, 0.2) is 67.1 Å². The first-order valence-electron chi connectivity index (χ1n) is 10.2. The number of benzene rings is 2. The van der Waals surface area contributed by atoms with E-state index in [0.717, 1.165) is 23.9 Å². The minimum atomic E-state index is -0.383. The SMILES string of the molecule is COC(=O)c1ccccc1Cn1cc(NC(=O)CCCc2c[nH]c3ccccc23)cn1. The van der Waals surface area contributed by atoms with Crippen LogP contribution in [0.3, 0.4) is 0 Å². The second-order valence-corrected chi connectivity index (χ2v) is 7.34. The van der Waals surface area contributed by atoms with E-state index < -0.39 is 0 Å². The van der Waals surface area contributed by atoms with Crippen molar-refractivity contribution < 1.29 is 14.3 Å². The minimum absolute atomic E-state index is 0.0469. The molecule has 0 aliphatic heterocycles. The monoisotopic (exact) mass is 416 g/mol. The molecule has 4 aromatic rings. The summed E-state index contributed by atoms with van der Waals surface area (Å²) in [6.45, 7) is 0.404. The molecular weight excluding hydrogens is 392 g/mol. The first-order chi connectivity index (χ1) is 15.1. The fourth-order valence-corrected chi connectivity index (χ4v) is 3.66. The van der Waals surface area contributed by atoms with Gasteiger partial charge in [0.05, 0.1) is 31.1 Å². The normalized spacial score (nSPS) is 10.9. The lowest BCUT2D eigenvalue weighted by molar-refractivity contribution is -0.116. The van der Waals surface area contributed by atoms with Gasteiger partial charge in [0.15, 0.2) is 0 Å². The number of amides is 1. The topological polar surface area (TPSA) is 89.0 Å². The van der Waals surface area contributed by atoms with E-state index in [2.05, 4.69) is 21.5 Å². The second kappa shape index (κ2) is 9.30. The number of methoxy groups -OCH3 is 1. The predicted octanol–water partition coefficient (Wildman–Crippen LogP) is 4.16. The molecule has 1 amide bonds. The molecule has 0 fully saturated rings. The molecule has 0 aliphatic rings. The van der Waals surface area contributed by atoms with E-state index in [4.69, 9.17) is 4.74 Å². The van der Waals surface area contributed by atoms with Crippen molar-refractivity contribution in [2.75, 3.05) is 12.4 Å². The van der Waals surface area contributed by atoms with E-state index >= 15 is 0 Å². The van der Waals surface area contributed by atoms with Crippen molar-refractivity contribution in [3.05, 3.63) is 83.8 Å². The number of hydrogen-bond acceptors (Lipinski definition) is 4. The Morgan fingerprint density at radius 2 is 1.90 bits per heavy atom. The third-order valence-electron chi connectivity index (χ3n) is 5.20. The number of carbonyl (C=O) groups is 2. The molecule has 31 heavy (non-hydrogen) atoms. The number of fused-ring (bicyclic) bond motifs is 1. The Kier molecular flexibility index (Phi) is 6.12. The van der Waals surface area contributed by atoms with Gasteiger partial charge in [-0.05, 0) is 36.1 Å². The summed E-state index contributed by atoms with van der Waals surface area (Å²) in [7, 11) is 1.36. The number of nitrogens with one attached hydrogen (secondary N) is 2. The molecule has 0 spiro atoms. The molecule has 7 nitrogen and oxygen atoms in total. The third kappa shape index (κ3) is 4.83. The van der Waals surface area contributed by atoms with E-state index in [1.54, 1.807) is 29.2 Å². The van der Waals surface area contributed by atoms with Gasteiger partial charge in [0.2, 0.25) is 5.91 Å². The van der Waals surface area contributed by atoms with Crippen molar-refractivity contribution in [1.29, 1.82) is 0 Å². The van der Waals surface area contributed by atoms with Crippen LogP contribution in [0.25, 0.3) is 10.9 Å². The smallest absolute Gasteiger partial charge is 0.338 e. The Hall–Kier alpha value is -3.87. The number of anilines is 1. The van der Waals surface area contributed by atoms with Crippen LogP contribution in [0.2, 0.25) is 0 Å². The molecule has 7 heteroatoms. The van der Waals surface area contributed by atoms with Crippen LogP contribution in [-0.4, -0.2) is 33.8 Å². The predicted molar refractivity (Wildman–Crippen MR) is 119 cm³/mol. The molecule has 158 valence electrons. The van der Waals surface area contributed by atoms with Crippen LogP contribution in [-0.2, 0) is 22.5 Å². The molecule has 2 aromatic heterocycles. The number of ether oxygens (including phenoxy) is 1. The van der Waals surface area contributed by atoms with Gasteiger partial charge in [0, 0.05) is 29.7 Å². The lowest BCUT2D eigenvalue weighted by atomic mass is 10.1. The summed E-state index contributed by atoms with van der Waals surface area (Å²) >= 11 is 0. The lowest BCUT2D eigenvalue weighted by Crippen LogP contribution is -2.11. The Bertz CT molecular complexity index is 1210. The second-order valence-electron chi connectivity index (χ2n) is 7.34. The van der Waals surface area contributed by atoms with Crippen molar-refractivity contribution in [2.24, 2.45) is 0 Å². The standard InChI is InChI=1S/C24H24N4O3/c1-31-24(30)21-10-3-2-7-18(21)15-28-16-19(14-26-28)27-23(29)12-6-8-17-13-25-22-11-5-4-9-20(17)22/h2-5,7,9-11,13-14,16,25H,6,8,12,15H2,1H3,(H,27,29). The van der Waals surface area contributed by atoms with Crippen LogP contribution in [0.1, 0.15) is 34.3 Å². The van der Waals surface area contributed by atoms with Crippen molar-refractivity contribution >= 4 is 28.5 Å². The lowest BCUT2D eigenvalue weighted by Gasteiger charge is -2.07. The molecule has 0 radical (unpaired) electrons. The maximum atomic E-state index is 12.3. The summed E-state index contributed by atoms with van der Waals surface area (Å²) in [5, 5.41) is 8.39. The first-order valence-corrected chi connectivity index (χ1v) is 10.2. The van der Waals surface area contributed by atoms with Gasteiger partial charge in [-0.3, -0.25) is 9.48 Å². The average molecular weight is 416 g/mol. The van der Waals surface area contributed by atoms with E-state index in [1.807, 2.05) is 36.5 Å². The molecule has 2 aromatic carbocycles. The molecular formula is C24H24N4O3. The van der Waals surface area contributed by atoms with E-state index in [9.17, 15) is 9.59 Å². The van der Waals surface area contributed by atoms with Gasteiger partial charge < -0.3 is 15.0 Å². The van der Waals surface area contributed by atoms with Gasteiger partial charge in [-0.15, -0.1) is 0 Å².